The summed E-state index contributed by atoms with van der Waals surface area (Å²) >= 11 is 0. The number of nitrogens with one attached hydrogen (secondary N) is 1. The van der Waals surface area contributed by atoms with Crippen molar-refractivity contribution in [2.75, 3.05) is 37.7 Å². The van der Waals surface area contributed by atoms with E-state index in [4.69, 9.17) is 4.74 Å². The Balaban J connectivity index is 1.48. The van der Waals surface area contributed by atoms with E-state index in [1.807, 2.05) is 11.1 Å². The molecular weight excluding hydrogens is 292 g/mol. The monoisotopic (exact) mass is 318 g/mol. The predicted octanol–water partition coefficient (Wildman–Crippen LogP) is 2.00. The van der Waals surface area contributed by atoms with Crippen molar-refractivity contribution in [3.05, 3.63) is 23.9 Å². The molecule has 126 valence electrons. The number of ether oxygens (including phenoxy) is 1. The number of amides is 2. The predicted molar refractivity (Wildman–Crippen MR) is 89.5 cm³/mol. The molecule has 23 heavy (non-hydrogen) atoms. The van der Waals surface area contributed by atoms with Gasteiger partial charge in [0.1, 0.15) is 5.82 Å². The summed E-state index contributed by atoms with van der Waals surface area (Å²) in [5.74, 6) is 1.04. The third-order valence-electron chi connectivity index (χ3n) is 4.56. The van der Waals surface area contributed by atoms with Crippen LogP contribution in [0.5, 0.6) is 0 Å². The highest BCUT2D eigenvalue weighted by molar-refractivity contribution is 5.74. The molecule has 2 fully saturated rings. The average molecular weight is 318 g/mol. The van der Waals surface area contributed by atoms with Gasteiger partial charge in [-0.2, -0.15) is 0 Å². The van der Waals surface area contributed by atoms with Crippen LogP contribution in [0.3, 0.4) is 0 Å². The molecule has 1 N–H and O–H groups in total. The van der Waals surface area contributed by atoms with E-state index in [2.05, 4.69) is 34.3 Å². The molecule has 0 bridgehead atoms. The van der Waals surface area contributed by atoms with Crippen molar-refractivity contribution in [2.24, 2.45) is 0 Å². The number of pyridine rings is 1. The molecule has 1 aromatic rings. The van der Waals surface area contributed by atoms with Crippen LogP contribution in [-0.2, 0) is 11.3 Å². The van der Waals surface area contributed by atoms with Crippen LogP contribution in [0.15, 0.2) is 18.3 Å². The number of hydrogen-bond donors (Lipinski definition) is 1. The second-order valence-corrected chi connectivity index (χ2v) is 6.22. The Labute approximate surface area is 137 Å². The van der Waals surface area contributed by atoms with Crippen LogP contribution in [0.4, 0.5) is 10.6 Å². The summed E-state index contributed by atoms with van der Waals surface area (Å²) in [5, 5.41) is 2.98. The summed E-state index contributed by atoms with van der Waals surface area (Å²) < 4.78 is 5.60. The first-order chi connectivity index (χ1) is 11.3. The molecule has 1 atom stereocenters. The molecule has 0 radical (unpaired) electrons. The Morgan fingerprint density at radius 2 is 2.17 bits per heavy atom. The topological polar surface area (TPSA) is 57.7 Å². The van der Waals surface area contributed by atoms with Gasteiger partial charge in [-0.1, -0.05) is 13.0 Å². The second kappa shape index (κ2) is 7.64. The fourth-order valence-electron chi connectivity index (χ4n) is 3.09. The van der Waals surface area contributed by atoms with E-state index < -0.39 is 0 Å². The SMILES string of the molecule is CC[C@@H]1CN(C(=O)NCc2ccc(N3CCCC3)nc2)CCO1. The molecule has 2 amide bonds. The highest BCUT2D eigenvalue weighted by Gasteiger charge is 2.22. The summed E-state index contributed by atoms with van der Waals surface area (Å²) in [5.41, 5.74) is 1.03. The molecular formula is C17H26N4O2. The molecule has 2 aliphatic rings. The lowest BCUT2D eigenvalue weighted by molar-refractivity contribution is -0.0154. The van der Waals surface area contributed by atoms with E-state index in [9.17, 15) is 4.79 Å². The lowest BCUT2D eigenvalue weighted by Gasteiger charge is -2.32. The third-order valence-corrected chi connectivity index (χ3v) is 4.56. The van der Waals surface area contributed by atoms with Crippen LogP contribution >= 0.6 is 0 Å². The minimum atomic E-state index is -0.0182. The summed E-state index contributed by atoms with van der Waals surface area (Å²) in [7, 11) is 0. The maximum absolute atomic E-state index is 12.2. The van der Waals surface area contributed by atoms with Crippen molar-refractivity contribution < 1.29 is 9.53 Å². The van der Waals surface area contributed by atoms with Crippen molar-refractivity contribution in [1.29, 1.82) is 0 Å². The number of carbonyl (C=O) groups excluding carboxylic acids is 1. The maximum atomic E-state index is 12.2. The molecule has 0 saturated carbocycles. The Bertz CT molecular complexity index is 514. The Kier molecular flexibility index (Phi) is 5.33. The zero-order valence-electron chi connectivity index (χ0n) is 13.8. The molecule has 6 heteroatoms. The van der Waals surface area contributed by atoms with Gasteiger partial charge in [0, 0.05) is 38.9 Å². The van der Waals surface area contributed by atoms with Crippen LogP contribution in [0, 0.1) is 0 Å². The van der Waals surface area contributed by atoms with Gasteiger partial charge in [-0.25, -0.2) is 9.78 Å². The molecule has 1 aromatic heterocycles. The van der Waals surface area contributed by atoms with Crippen LogP contribution < -0.4 is 10.2 Å². The second-order valence-electron chi connectivity index (χ2n) is 6.22. The number of hydrogen-bond acceptors (Lipinski definition) is 4. The van der Waals surface area contributed by atoms with Crippen LogP contribution in [0.1, 0.15) is 31.7 Å². The molecule has 3 rings (SSSR count). The summed E-state index contributed by atoms with van der Waals surface area (Å²) in [4.78, 5) is 20.9. The lowest BCUT2D eigenvalue weighted by atomic mass is 10.2. The van der Waals surface area contributed by atoms with Crippen molar-refractivity contribution in [1.82, 2.24) is 15.2 Å². The van der Waals surface area contributed by atoms with Crippen molar-refractivity contribution in [3.8, 4) is 0 Å². The minimum Gasteiger partial charge on any atom is -0.375 e. The largest absolute Gasteiger partial charge is 0.375 e. The van der Waals surface area contributed by atoms with Crippen molar-refractivity contribution >= 4 is 11.8 Å². The average Bonchev–Trinajstić information content (AvgIpc) is 3.15. The highest BCUT2D eigenvalue weighted by Crippen LogP contribution is 2.17. The van der Waals surface area contributed by atoms with Crippen LogP contribution in [0.2, 0.25) is 0 Å². The number of nitrogens with zero attached hydrogens (tertiary/aromatic N) is 3. The quantitative estimate of drug-likeness (QED) is 0.922. The first-order valence-electron chi connectivity index (χ1n) is 8.60. The van der Waals surface area contributed by atoms with Crippen molar-refractivity contribution in [3.63, 3.8) is 0 Å². The molecule has 2 aliphatic heterocycles. The van der Waals surface area contributed by atoms with E-state index in [0.717, 1.165) is 30.9 Å². The Hall–Kier alpha value is -1.82. The fraction of sp³-hybridized carbons (Fsp3) is 0.647. The number of carbonyl (C=O) groups is 1. The molecule has 3 heterocycles. The van der Waals surface area contributed by atoms with Gasteiger partial charge >= 0.3 is 6.03 Å². The number of anilines is 1. The number of urea groups is 1. The van der Waals surface area contributed by atoms with E-state index >= 15 is 0 Å². The van der Waals surface area contributed by atoms with Gasteiger partial charge in [-0.3, -0.25) is 0 Å². The number of rotatable bonds is 4. The zero-order chi connectivity index (χ0) is 16.1. The first kappa shape index (κ1) is 16.1. The molecule has 0 aromatic carbocycles. The number of morpholine rings is 1. The fourth-order valence-corrected chi connectivity index (χ4v) is 3.09. The summed E-state index contributed by atoms with van der Waals surface area (Å²) in [6.45, 7) is 6.75. The Morgan fingerprint density at radius 1 is 1.35 bits per heavy atom. The third kappa shape index (κ3) is 4.13. The standard InChI is InChI=1S/C17H26N4O2/c1-2-15-13-21(9-10-23-15)17(22)19-12-14-5-6-16(18-11-14)20-7-3-4-8-20/h5-6,11,15H,2-4,7-10,12-13H2,1H3,(H,19,22)/t15-/m1/s1. The van der Waals surface area contributed by atoms with Gasteiger partial charge in [0.25, 0.3) is 0 Å². The van der Waals surface area contributed by atoms with Gasteiger partial charge in [-0.15, -0.1) is 0 Å². The lowest BCUT2D eigenvalue weighted by Crippen LogP contribution is -2.49. The van der Waals surface area contributed by atoms with Gasteiger partial charge in [0.05, 0.1) is 12.7 Å². The molecule has 0 spiro atoms. The molecule has 2 saturated heterocycles. The zero-order valence-corrected chi connectivity index (χ0v) is 13.8. The molecule has 0 unspecified atom stereocenters. The number of aromatic nitrogens is 1. The van der Waals surface area contributed by atoms with Gasteiger partial charge in [0.2, 0.25) is 0 Å². The minimum absolute atomic E-state index is 0.0182. The Morgan fingerprint density at radius 3 is 2.87 bits per heavy atom. The van der Waals surface area contributed by atoms with Gasteiger partial charge < -0.3 is 19.9 Å². The summed E-state index contributed by atoms with van der Waals surface area (Å²) in [6.07, 6.45) is 5.46. The van der Waals surface area contributed by atoms with Gasteiger partial charge in [0.15, 0.2) is 0 Å². The molecule has 0 aliphatic carbocycles. The van der Waals surface area contributed by atoms with Gasteiger partial charge in [-0.05, 0) is 30.9 Å². The normalized spacial score (nSPS) is 21.5. The highest BCUT2D eigenvalue weighted by atomic mass is 16.5. The molecule has 6 nitrogen and oxygen atoms in total. The smallest absolute Gasteiger partial charge is 0.317 e. The first-order valence-corrected chi connectivity index (χ1v) is 8.60. The maximum Gasteiger partial charge on any atom is 0.317 e. The van der Waals surface area contributed by atoms with E-state index in [1.54, 1.807) is 0 Å². The van der Waals surface area contributed by atoms with Crippen molar-refractivity contribution in [2.45, 2.75) is 38.8 Å². The van der Waals surface area contributed by atoms with Crippen LogP contribution in [-0.4, -0.2) is 54.8 Å². The van der Waals surface area contributed by atoms with Crippen LogP contribution in [0.25, 0.3) is 0 Å². The van der Waals surface area contributed by atoms with E-state index in [1.165, 1.54) is 12.8 Å². The summed E-state index contributed by atoms with van der Waals surface area (Å²) in [6, 6.07) is 4.08. The van der Waals surface area contributed by atoms with E-state index in [0.29, 0.717) is 26.2 Å². The van der Waals surface area contributed by atoms with E-state index in [-0.39, 0.29) is 12.1 Å².